The molecule has 1 heterocycles. The van der Waals surface area contributed by atoms with Crippen LogP contribution >= 0.6 is 15.9 Å². The molecule has 0 saturated carbocycles. The van der Waals surface area contributed by atoms with Crippen molar-refractivity contribution in [2.24, 2.45) is 0 Å². The van der Waals surface area contributed by atoms with Gasteiger partial charge >= 0.3 is 6.18 Å². The molecule has 0 aliphatic heterocycles. The van der Waals surface area contributed by atoms with E-state index in [-0.39, 0.29) is 5.56 Å². The standard InChI is InChI=1S/C9H9BrF3NO/c1-8(2,15)5-3-7(9(11,12)13)14-4-6(5)10/h3-4,15H,1-2H3. The molecule has 1 N–H and O–H groups in total. The monoisotopic (exact) mass is 283 g/mol. The highest BCUT2D eigenvalue weighted by molar-refractivity contribution is 9.10. The number of nitrogens with zero attached hydrogens (tertiary/aromatic N) is 1. The van der Waals surface area contributed by atoms with Crippen LogP contribution in [0.15, 0.2) is 16.7 Å². The quantitative estimate of drug-likeness (QED) is 0.859. The number of aliphatic hydroxyl groups is 1. The molecule has 0 aliphatic carbocycles. The van der Waals surface area contributed by atoms with Gasteiger partial charge in [-0.05, 0) is 35.8 Å². The SMILES string of the molecule is CC(C)(O)c1cc(C(F)(F)F)ncc1Br. The summed E-state index contributed by atoms with van der Waals surface area (Å²) in [5, 5.41) is 9.63. The first-order valence-corrected chi connectivity index (χ1v) is 4.87. The van der Waals surface area contributed by atoms with Gasteiger partial charge in [-0.3, -0.25) is 4.98 Å². The van der Waals surface area contributed by atoms with Crippen LogP contribution in [0.2, 0.25) is 0 Å². The third kappa shape index (κ3) is 2.92. The van der Waals surface area contributed by atoms with Crippen LogP contribution < -0.4 is 0 Å². The number of hydrogen-bond acceptors (Lipinski definition) is 2. The summed E-state index contributed by atoms with van der Waals surface area (Å²) in [5.74, 6) is 0. The normalized spacial score (nSPS) is 13.0. The molecule has 1 aromatic rings. The van der Waals surface area contributed by atoms with Gasteiger partial charge in [0.05, 0.1) is 5.60 Å². The maximum absolute atomic E-state index is 12.3. The molecule has 15 heavy (non-hydrogen) atoms. The first-order chi connectivity index (χ1) is 6.62. The lowest BCUT2D eigenvalue weighted by Crippen LogP contribution is -2.19. The molecule has 84 valence electrons. The Kier molecular flexibility index (Phi) is 3.11. The highest BCUT2D eigenvalue weighted by atomic mass is 79.9. The van der Waals surface area contributed by atoms with E-state index in [0.717, 1.165) is 12.3 Å². The Balaban J connectivity index is 3.30. The molecular weight excluding hydrogens is 275 g/mol. The molecule has 2 nitrogen and oxygen atoms in total. The molecule has 0 atom stereocenters. The van der Waals surface area contributed by atoms with Crippen LogP contribution in [0.4, 0.5) is 13.2 Å². The van der Waals surface area contributed by atoms with Gasteiger partial charge < -0.3 is 5.11 Å². The molecule has 0 spiro atoms. The molecule has 0 unspecified atom stereocenters. The van der Waals surface area contributed by atoms with Crippen LogP contribution in [0.3, 0.4) is 0 Å². The Morgan fingerprint density at radius 2 is 1.87 bits per heavy atom. The van der Waals surface area contributed by atoms with Gasteiger partial charge in [0, 0.05) is 16.2 Å². The highest BCUT2D eigenvalue weighted by Gasteiger charge is 2.34. The lowest BCUT2D eigenvalue weighted by molar-refractivity contribution is -0.141. The molecule has 6 heteroatoms. The smallest absolute Gasteiger partial charge is 0.386 e. The fraction of sp³-hybridized carbons (Fsp3) is 0.444. The van der Waals surface area contributed by atoms with E-state index >= 15 is 0 Å². The molecule has 0 bridgehead atoms. The van der Waals surface area contributed by atoms with Gasteiger partial charge in [0.15, 0.2) is 0 Å². The van der Waals surface area contributed by atoms with Crippen LogP contribution in [0.25, 0.3) is 0 Å². The minimum Gasteiger partial charge on any atom is -0.386 e. The summed E-state index contributed by atoms with van der Waals surface area (Å²) in [5.41, 5.74) is -2.20. The van der Waals surface area contributed by atoms with Gasteiger partial charge in [0.1, 0.15) is 5.69 Å². The number of pyridine rings is 1. The van der Waals surface area contributed by atoms with Gasteiger partial charge in [-0.15, -0.1) is 0 Å². The third-order valence-electron chi connectivity index (χ3n) is 1.80. The Hall–Kier alpha value is -0.620. The number of aromatic nitrogens is 1. The summed E-state index contributed by atoms with van der Waals surface area (Å²) in [6, 6.07) is 0.837. The summed E-state index contributed by atoms with van der Waals surface area (Å²) in [4.78, 5) is 3.24. The van der Waals surface area contributed by atoms with Crippen LogP contribution in [-0.2, 0) is 11.8 Å². The molecule has 0 amide bonds. The summed E-state index contributed by atoms with van der Waals surface area (Å²) in [7, 11) is 0. The van der Waals surface area contributed by atoms with E-state index in [1.165, 1.54) is 13.8 Å². The van der Waals surface area contributed by atoms with Crippen molar-refractivity contribution in [3.63, 3.8) is 0 Å². The minimum absolute atomic E-state index is 0.157. The second kappa shape index (κ2) is 3.75. The van der Waals surface area contributed by atoms with Gasteiger partial charge in [0.25, 0.3) is 0 Å². The van der Waals surface area contributed by atoms with E-state index in [9.17, 15) is 18.3 Å². The first-order valence-electron chi connectivity index (χ1n) is 4.08. The zero-order valence-electron chi connectivity index (χ0n) is 8.06. The van der Waals surface area contributed by atoms with Gasteiger partial charge in [-0.2, -0.15) is 13.2 Å². The van der Waals surface area contributed by atoms with Crippen molar-refractivity contribution in [3.8, 4) is 0 Å². The maximum atomic E-state index is 12.3. The van der Waals surface area contributed by atoms with E-state index < -0.39 is 17.5 Å². The van der Waals surface area contributed by atoms with Crippen molar-refractivity contribution in [3.05, 3.63) is 28.0 Å². The molecule has 0 radical (unpaired) electrons. The predicted molar refractivity (Wildman–Crippen MR) is 52.2 cm³/mol. The summed E-state index contributed by atoms with van der Waals surface area (Å²) < 4.78 is 37.3. The predicted octanol–water partition coefficient (Wildman–Crippen LogP) is 3.09. The molecular formula is C9H9BrF3NO. The Morgan fingerprint density at radius 1 is 1.33 bits per heavy atom. The largest absolute Gasteiger partial charge is 0.433 e. The Morgan fingerprint density at radius 3 is 2.27 bits per heavy atom. The average Bonchev–Trinajstić information content (AvgIpc) is 2.00. The fourth-order valence-electron chi connectivity index (χ4n) is 1.06. The summed E-state index contributed by atoms with van der Waals surface area (Å²) in [6.07, 6.45) is -3.46. The van der Waals surface area contributed by atoms with Crippen LogP contribution in [0.1, 0.15) is 25.1 Å². The molecule has 0 aliphatic rings. The topological polar surface area (TPSA) is 33.1 Å². The van der Waals surface area contributed by atoms with E-state index in [1.54, 1.807) is 0 Å². The lowest BCUT2D eigenvalue weighted by atomic mass is 9.99. The maximum Gasteiger partial charge on any atom is 0.433 e. The summed E-state index contributed by atoms with van der Waals surface area (Å²) >= 11 is 3.04. The Bertz CT molecular complexity index is 371. The average molecular weight is 284 g/mol. The molecule has 0 saturated heterocycles. The van der Waals surface area contributed by atoms with Crippen molar-refractivity contribution in [1.29, 1.82) is 0 Å². The van der Waals surface area contributed by atoms with E-state index in [0.29, 0.717) is 4.47 Å². The van der Waals surface area contributed by atoms with Gasteiger partial charge in [0.2, 0.25) is 0 Å². The van der Waals surface area contributed by atoms with Crippen molar-refractivity contribution in [2.45, 2.75) is 25.6 Å². The van der Waals surface area contributed by atoms with E-state index in [2.05, 4.69) is 20.9 Å². The van der Waals surface area contributed by atoms with Crippen molar-refractivity contribution < 1.29 is 18.3 Å². The minimum atomic E-state index is -4.50. The van der Waals surface area contributed by atoms with Crippen LogP contribution in [-0.4, -0.2) is 10.1 Å². The number of hydrogen-bond donors (Lipinski definition) is 1. The van der Waals surface area contributed by atoms with Crippen LogP contribution in [0, 0.1) is 0 Å². The number of rotatable bonds is 1. The second-order valence-electron chi connectivity index (χ2n) is 3.61. The third-order valence-corrected chi connectivity index (χ3v) is 2.44. The lowest BCUT2D eigenvalue weighted by Gasteiger charge is -2.20. The molecule has 1 rings (SSSR count). The van der Waals surface area contributed by atoms with E-state index in [4.69, 9.17) is 0 Å². The molecule has 0 aromatic carbocycles. The first kappa shape index (κ1) is 12.4. The van der Waals surface area contributed by atoms with Gasteiger partial charge in [-0.25, -0.2) is 0 Å². The zero-order chi connectivity index (χ0) is 11.9. The summed E-state index contributed by atoms with van der Waals surface area (Å²) in [6.45, 7) is 2.82. The van der Waals surface area contributed by atoms with Crippen molar-refractivity contribution in [2.75, 3.05) is 0 Å². The molecule has 1 aromatic heterocycles. The zero-order valence-corrected chi connectivity index (χ0v) is 9.65. The molecule has 0 fully saturated rings. The van der Waals surface area contributed by atoms with Crippen LogP contribution in [0.5, 0.6) is 0 Å². The number of halogens is 4. The van der Waals surface area contributed by atoms with Crippen molar-refractivity contribution >= 4 is 15.9 Å². The Labute approximate surface area is 93.3 Å². The second-order valence-corrected chi connectivity index (χ2v) is 4.46. The van der Waals surface area contributed by atoms with E-state index in [1.807, 2.05) is 0 Å². The van der Waals surface area contributed by atoms with Gasteiger partial charge in [-0.1, -0.05) is 0 Å². The van der Waals surface area contributed by atoms with Crippen molar-refractivity contribution in [1.82, 2.24) is 4.98 Å². The highest BCUT2D eigenvalue weighted by Crippen LogP contribution is 2.33. The number of alkyl halides is 3. The fourth-order valence-corrected chi connectivity index (χ4v) is 1.76.